The number of nitrogens with two attached hydrogens (primary N) is 1. The molecule has 1 heterocycles. The lowest BCUT2D eigenvalue weighted by molar-refractivity contribution is 0.201. The summed E-state index contributed by atoms with van der Waals surface area (Å²) in [6.07, 6.45) is 5.00. The fourth-order valence-electron chi connectivity index (χ4n) is 3.37. The van der Waals surface area contributed by atoms with Crippen LogP contribution >= 0.6 is 15.9 Å². The molecule has 1 aromatic carbocycles. The molecule has 20 heavy (non-hydrogen) atoms. The maximum absolute atomic E-state index is 6.43. The molecule has 0 bridgehead atoms. The minimum absolute atomic E-state index is 0.219. The van der Waals surface area contributed by atoms with Gasteiger partial charge in [0.1, 0.15) is 0 Å². The van der Waals surface area contributed by atoms with Crippen molar-refractivity contribution in [3.05, 3.63) is 34.3 Å². The Bertz CT molecular complexity index is 404. The molecule has 0 radical (unpaired) electrons. The Kier molecular flexibility index (Phi) is 6.06. The zero-order valence-corrected chi connectivity index (χ0v) is 14.3. The van der Waals surface area contributed by atoms with E-state index in [1.165, 1.54) is 37.9 Å². The van der Waals surface area contributed by atoms with Gasteiger partial charge >= 0.3 is 0 Å². The number of rotatable bonds is 6. The number of hydrogen-bond acceptors (Lipinski definition) is 2. The number of halogens is 1. The first kappa shape index (κ1) is 16.0. The van der Waals surface area contributed by atoms with Gasteiger partial charge in [-0.15, -0.1) is 0 Å². The van der Waals surface area contributed by atoms with Crippen molar-refractivity contribution in [3.63, 3.8) is 0 Å². The fraction of sp³-hybridized carbons (Fsp3) is 0.647. The summed E-state index contributed by atoms with van der Waals surface area (Å²) in [5.41, 5.74) is 7.79. The Labute approximate surface area is 131 Å². The third kappa shape index (κ3) is 3.84. The number of likely N-dealkylation sites (tertiary alicyclic amines) is 1. The van der Waals surface area contributed by atoms with Crippen LogP contribution in [0.2, 0.25) is 0 Å². The third-order valence-corrected chi connectivity index (χ3v) is 5.02. The highest BCUT2D eigenvalue weighted by atomic mass is 79.9. The lowest BCUT2D eigenvalue weighted by Gasteiger charge is -2.33. The summed E-state index contributed by atoms with van der Waals surface area (Å²) in [5, 5.41) is 0. The monoisotopic (exact) mass is 338 g/mol. The van der Waals surface area contributed by atoms with Gasteiger partial charge in [-0.2, -0.15) is 0 Å². The number of hydrogen-bond donors (Lipinski definition) is 1. The largest absolute Gasteiger partial charge is 0.326 e. The molecule has 3 atom stereocenters. The van der Waals surface area contributed by atoms with Crippen molar-refractivity contribution < 1.29 is 0 Å². The normalized spacial score (nSPS) is 22.9. The highest BCUT2D eigenvalue weighted by Crippen LogP contribution is 2.32. The van der Waals surface area contributed by atoms with Crippen LogP contribution in [0.3, 0.4) is 0 Å². The SMILES string of the molecule is CCCC1CCN(C(c2ccc(Br)cc2)C(N)CC)C1. The quantitative estimate of drug-likeness (QED) is 0.835. The van der Waals surface area contributed by atoms with Crippen molar-refractivity contribution in [3.8, 4) is 0 Å². The average molecular weight is 339 g/mol. The fourth-order valence-corrected chi connectivity index (χ4v) is 3.64. The van der Waals surface area contributed by atoms with E-state index in [0.717, 1.165) is 16.8 Å². The second kappa shape index (κ2) is 7.58. The molecule has 0 aromatic heterocycles. The molecular formula is C17H27BrN2. The van der Waals surface area contributed by atoms with Crippen LogP contribution in [0.5, 0.6) is 0 Å². The van der Waals surface area contributed by atoms with Crippen LogP contribution in [0.25, 0.3) is 0 Å². The first-order valence-electron chi connectivity index (χ1n) is 7.90. The maximum Gasteiger partial charge on any atom is 0.0499 e. The second-order valence-electron chi connectivity index (χ2n) is 6.01. The van der Waals surface area contributed by atoms with E-state index in [-0.39, 0.29) is 6.04 Å². The van der Waals surface area contributed by atoms with Gasteiger partial charge in [-0.25, -0.2) is 0 Å². The van der Waals surface area contributed by atoms with E-state index in [2.05, 4.69) is 58.9 Å². The Hall–Kier alpha value is -0.380. The average Bonchev–Trinajstić information content (AvgIpc) is 2.90. The summed E-state index contributed by atoms with van der Waals surface area (Å²) in [7, 11) is 0. The molecule has 1 aliphatic heterocycles. The van der Waals surface area contributed by atoms with Crippen LogP contribution in [0.1, 0.15) is 51.1 Å². The van der Waals surface area contributed by atoms with E-state index in [9.17, 15) is 0 Å². The highest BCUT2D eigenvalue weighted by Gasteiger charge is 2.31. The lowest BCUT2D eigenvalue weighted by Crippen LogP contribution is -2.39. The zero-order valence-electron chi connectivity index (χ0n) is 12.7. The van der Waals surface area contributed by atoms with Crippen molar-refractivity contribution >= 4 is 15.9 Å². The molecule has 1 aromatic rings. The summed E-state index contributed by atoms with van der Waals surface area (Å²) in [6.45, 7) is 6.88. The molecular weight excluding hydrogens is 312 g/mol. The minimum atomic E-state index is 0.219. The lowest BCUT2D eigenvalue weighted by atomic mass is 9.96. The van der Waals surface area contributed by atoms with Gasteiger partial charge in [0, 0.05) is 23.1 Å². The summed E-state index contributed by atoms with van der Waals surface area (Å²) in [5.74, 6) is 0.863. The molecule has 2 rings (SSSR count). The Morgan fingerprint density at radius 1 is 1.30 bits per heavy atom. The Morgan fingerprint density at radius 3 is 2.60 bits per heavy atom. The molecule has 1 saturated heterocycles. The van der Waals surface area contributed by atoms with E-state index >= 15 is 0 Å². The number of nitrogens with zero attached hydrogens (tertiary/aromatic N) is 1. The van der Waals surface area contributed by atoms with E-state index in [4.69, 9.17) is 5.73 Å². The summed E-state index contributed by atoms with van der Waals surface area (Å²) in [6, 6.07) is 9.29. The van der Waals surface area contributed by atoms with Gasteiger partial charge in [-0.3, -0.25) is 4.90 Å². The van der Waals surface area contributed by atoms with Crippen molar-refractivity contribution in [2.45, 2.75) is 51.6 Å². The van der Waals surface area contributed by atoms with Crippen molar-refractivity contribution in [1.82, 2.24) is 4.90 Å². The van der Waals surface area contributed by atoms with Crippen molar-refractivity contribution in [2.24, 2.45) is 11.7 Å². The second-order valence-corrected chi connectivity index (χ2v) is 6.92. The molecule has 112 valence electrons. The summed E-state index contributed by atoms with van der Waals surface area (Å²) >= 11 is 3.52. The third-order valence-electron chi connectivity index (χ3n) is 4.50. The Morgan fingerprint density at radius 2 is 2.00 bits per heavy atom. The van der Waals surface area contributed by atoms with Gasteiger partial charge in [0.25, 0.3) is 0 Å². The van der Waals surface area contributed by atoms with E-state index < -0.39 is 0 Å². The van der Waals surface area contributed by atoms with Gasteiger partial charge in [-0.1, -0.05) is 48.3 Å². The van der Waals surface area contributed by atoms with Gasteiger partial charge in [-0.05, 0) is 49.4 Å². The zero-order chi connectivity index (χ0) is 14.5. The summed E-state index contributed by atoms with van der Waals surface area (Å²) < 4.78 is 1.13. The smallest absolute Gasteiger partial charge is 0.0499 e. The molecule has 1 fully saturated rings. The van der Waals surface area contributed by atoms with Crippen LogP contribution in [0, 0.1) is 5.92 Å². The topological polar surface area (TPSA) is 29.3 Å². The molecule has 1 aliphatic rings. The molecule has 0 spiro atoms. The van der Waals surface area contributed by atoms with Crippen LogP contribution in [-0.2, 0) is 0 Å². The van der Waals surface area contributed by atoms with E-state index in [1.54, 1.807) is 0 Å². The van der Waals surface area contributed by atoms with Gasteiger partial charge in [0.05, 0.1) is 0 Å². The predicted molar refractivity (Wildman–Crippen MR) is 89.7 cm³/mol. The molecule has 3 heteroatoms. The van der Waals surface area contributed by atoms with Crippen LogP contribution in [-0.4, -0.2) is 24.0 Å². The van der Waals surface area contributed by atoms with Gasteiger partial charge < -0.3 is 5.73 Å². The van der Waals surface area contributed by atoms with Crippen LogP contribution in [0.15, 0.2) is 28.7 Å². The maximum atomic E-state index is 6.43. The first-order valence-corrected chi connectivity index (χ1v) is 8.70. The molecule has 2 nitrogen and oxygen atoms in total. The molecule has 0 amide bonds. The molecule has 3 unspecified atom stereocenters. The highest BCUT2D eigenvalue weighted by molar-refractivity contribution is 9.10. The standard InChI is InChI=1S/C17H27BrN2/c1-3-5-13-10-11-20(12-13)17(16(19)4-2)14-6-8-15(18)9-7-14/h6-9,13,16-17H,3-5,10-12,19H2,1-2H3. The van der Waals surface area contributed by atoms with Gasteiger partial charge in [0.15, 0.2) is 0 Å². The van der Waals surface area contributed by atoms with Crippen LogP contribution in [0.4, 0.5) is 0 Å². The molecule has 0 aliphatic carbocycles. The first-order chi connectivity index (χ1) is 9.65. The minimum Gasteiger partial charge on any atom is -0.326 e. The molecule has 0 saturated carbocycles. The Balaban J connectivity index is 2.14. The predicted octanol–water partition coefficient (Wildman–Crippen LogP) is 4.35. The van der Waals surface area contributed by atoms with Crippen molar-refractivity contribution in [2.75, 3.05) is 13.1 Å². The van der Waals surface area contributed by atoms with E-state index in [1.807, 2.05) is 0 Å². The van der Waals surface area contributed by atoms with E-state index in [0.29, 0.717) is 6.04 Å². The summed E-state index contributed by atoms with van der Waals surface area (Å²) in [4.78, 5) is 2.61. The number of benzene rings is 1. The van der Waals surface area contributed by atoms with Crippen molar-refractivity contribution in [1.29, 1.82) is 0 Å². The molecule has 2 N–H and O–H groups in total. The van der Waals surface area contributed by atoms with Gasteiger partial charge in [0.2, 0.25) is 0 Å². The van der Waals surface area contributed by atoms with Crippen LogP contribution < -0.4 is 5.73 Å².